The van der Waals surface area contributed by atoms with E-state index in [-0.39, 0.29) is 24.0 Å². The second-order valence-electron chi connectivity index (χ2n) is 5.49. The summed E-state index contributed by atoms with van der Waals surface area (Å²) in [6, 6.07) is 11.8. The Morgan fingerprint density at radius 3 is 2.69 bits per heavy atom. The first-order chi connectivity index (χ1) is 12.1. The number of benzene rings is 1. The Morgan fingerprint density at radius 2 is 2.04 bits per heavy atom. The number of halogens is 2. The molecule has 2 aromatic rings. The minimum absolute atomic E-state index is 0. The minimum Gasteiger partial charge on any atom is -0.386 e. The summed E-state index contributed by atoms with van der Waals surface area (Å²) in [6.07, 6.45) is -0.619. The van der Waals surface area contributed by atoms with Gasteiger partial charge in [0.1, 0.15) is 6.10 Å². The molecule has 1 aromatic carbocycles. The Bertz CT molecular complexity index is 697. The minimum atomic E-state index is -0.619. The van der Waals surface area contributed by atoms with Crippen LogP contribution in [0, 0.1) is 0 Å². The number of hydrogen-bond acceptors (Lipinski definition) is 4. The van der Waals surface area contributed by atoms with Crippen molar-refractivity contribution in [1.29, 1.82) is 0 Å². The van der Waals surface area contributed by atoms with Crippen LogP contribution in [-0.4, -0.2) is 31.3 Å². The molecule has 1 atom stereocenters. The van der Waals surface area contributed by atoms with Crippen molar-refractivity contribution in [3.05, 3.63) is 56.7 Å². The third-order valence-electron chi connectivity index (χ3n) is 3.45. The first-order valence-corrected chi connectivity index (χ1v) is 9.34. The summed E-state index contributed by atoms with van der Waals surface area (Å²) in [6.45, 7) is 4.26. The summed E-state index contributed by atoms with van der Waals surface area (Å²) in [5.41, 5.74) is 2.23. The average Bonchev–Trinajstić information content (AvgIpc) is 3.04. The molecule has 0 bridgehead atoms. The average molecular weight is 510 g/mol. The number of hydrogen-bond donors (Lipinski definition) is 3. The number of rotatable bonds is 8. The molecular formula is C18H25ClIN3O2S. The van der Waals surface area contributed by atoms with E-state index in [1.54, 1.807) is 13.2 Å². The van der Waals surface area contributed by atoms with Crippen LogP contribution in [0.1, 0.15) is 29.0 Å². The van der Waals surface area contributed by atoms with Crippen molar-refractivity contribution >= 4 is 52.9 Å². The molecule has 26 heavy (non-hydrogen) atoms. The predicted octanol–water partition coefficient (Wildman–Crippen LogP) is 3.95. The Morgan fingerprint density at radius 1 is 1.27 bits per heavy atom. The zero-order chi connectivity index (χ0) is 18.1. The fraction of sp³-hybridized carbons (Fsp3) is 0.389. The molecule has 1 aromatic heterocycles. The fourth-order valence-electron chi connectivity index (χ4n) is 2.30. The second-order valence-corrected chi connectivity index (χ2v) is 7.23. The van der Waals surface area contributed by atoms with Crippen molar-refractivity contribution in [3.8, 4) is 0 Å². The lowest BCUT2D eigenvalue weighted by atomic mass is 10.1. The van der Waals surface area contributed by atoms with Gasteiger partial charge in [0.25, 0.3) is 0 Å². The van der Waals surface area contributed by atoms with Gasteiger partial charge in [0.05, 0.1) is 17.5 Å². The lowest BCUT2D eigenvalue weighted by Crippen LogP contribution is -2.39. The largest absolute Gasteiger partial charge is 0.386 e. The summed E-state index contributed by atoms with van der Waals surface area (Å²) in [5, 5.41) is 16.6. The number of nitrogens with zero attached hydrogens (tertiary/aromatic N) is 1. The van der Waals surface area contributed by atoms with E-state index in [1.807, 2.05) is 31.2 Å². The lowest BCUT2D eigenvalue weighted by Gasteiger charge is -2.14. The van der Waals surface area contributed by atoms with Crippen LogP contribution in [0.25, 0.3) is 0 Å². The van der Waals surface area contributed by atoms with Crippen LogP contribution in [0.5, 0.6) is 0 Å². The summed E-state index contributed by atoms with van der Waals surface area (Å²) in [7, 11) is 1.68. The summed E-state index contributed by atoms with van der Waals surface area (Å²) in [4.78, 5) is 5.41. The van der Waals surface area contributed by atoms with Gasteiger partial charge in [-0.1, -0.05) is 35.9 Å². The van der Waals surface area contributed by atoms with Crippen molar-refractivity contribution in [3.63, 3.8) is 0 Å². The molecule has 8 heteroatoms. The second kappa shape index (κ2) is 12.5. The Balaban J connectivity index is 0.00000338. The maximum atomic E-state index is 10.2. The van der Waals surface area contributed by atoms with Gasteiger partial charge in [-0.15, -0.1) is 35.3 Å². The molecule has 144 valence electrons. The highest BCUT2D eigenvalue weighted by atomic mass is 127. The van der Waals surface area contributed by atoms with E-state index >= 15 is 0 Å². The number of ether oxygens (including phenoxy) is 1. The molecule has 1 heterocycles. The molecule has 2 rings (SSSR count). The highest BCUT2D eigenvalue weighted by Crippen LogP contribution is 2.26. The molecule has 0 aliphatic carbocycles. The van der Waals surface area contributed by atoms with Gasteiger partial charge >= 0.3 is 0 Å². The first kappa shape index (κ1) is 23.2. The monoisotopic (exact) mass is 509 g/mol. The molecule has 0 radical (unpaired) electrons. The van der Waals surface area contributed by atoms with Crippen LogP contribution >= 0.6 is 46.9 Å². The van der Waals surface area contributed by atoms with E-state index < -0.39 is 6.10 Å². The smallest absolute Gasteiger partial charge is 0.191 e. The van der Waals surface area contributed by atoms with Crippen LogP contribution in [0.4, 0.5) is 0 Å². The Labute approximate surface area is 180 Å². The van der Waals surface area contributed by atoms with E-state index in [0.29, 0.717) is 30.0 Å². The van der Waals surface area contributed by atoms with Crippen LogP contribution in [0.3, 0.4) is 0 Å². The highest BCUT2D eigenvalue weighted by molar-refractivity contribution is 14.0. The van der Waals surface area contributed by atoms with E-state index in [0.717, 1.165) is 22.5 Å². The van der Waals surface area contributed by atoms with E-state index in [1.165, 1.54) is 11.3 Å². The molecular weight excluding hydrogens is 485 g/mol. The first-order valence-electron chi connectivity index (χ1n) is 8.14. The topological polar surface area (TPSA) is 65.9 Å². The summed E-state index contributed by atoms with van der Waals surface area (Å²) < 4.78 is 5.83. The molecule has 1 unspecified atom stereocenters. The molecule has 0 aliphatic rings. The third-order valence-corrected chi connectivity index (χ3v) is 4.78. The number of guanidine groups is 1. The van der Waals surface area contributed by atoms with Crippen molar-refractivity contribution < 1.29 is 9.84 Å². The van der Waals surface area contributed by atoms with Crippen molar-refractivity contribution in [1.82, 2.24) is 10.6 Å². The number of nitrogens with one attached hydrogen (secondary N) is 2. The van der Waals surface area contributed by atoms with E-state index in [2.05, 4.69) is 21.7 Å². The summed E-state index contributed by atoms with van der Waals surface area (Å²) in [5.74, 6) is 0.668. The number of aliphatic hydroxyl groups excluding tert-OH is 1. The summed E-state index contributed by atoms with van der Waals surface area (Å²) >= 11 is 7.29. The number of aliphatic imine (C=N–C) groups is 1. The number of aliphatic hydroxyl groups is 1. The molecule has 0 spiro atoms. The Kier molecular flexibility index (Phi) is 11.1. The quantitative estimate of drug-likeness (QED) is 0.286. The molecule has 0 amide bonds. The third kappa shape index (κ3) is 7.79. The van der Waals surface area contributed by atoms with E-state index in [9.17, 15) is 5.11 Å². The number of thiophene rings is 1. The van der Waals surface area contributed by atoms with Crippen molar-refractivity contribution in [2.24, 2.45) is 4.99 Å². The lowest BCUT2D eigenvalue weighted by molar-refractivity contribution is 0.184. The zero-order valence-electron chi connectivity index (χ0n) is 14.9. The predicted molar refractivity (Wildman–Crippen MR) is 120 cm³/mol. The van der Waals surface area contributed by atoms with Crippen molar-refractivity contribution in [2.45, 2.75) is 26.2 Å². The fourth-order valence-corrected chi connectivity index (χ4v) is 3.34. The maximum absolute atomic E-state index is 10.2. The van der Waals surface area contributed by atoms with Crippen LogP contribution < -0.4 is 10.6 Å². The Hall–Kier alpha value is -0.870. The van der Waals surface area contributed by atoms with Gasteiger partial charge in [-0.25, -0.2) is 4.99 Å². The van der Waals surface area contributed by atoms with Crippen LogP contribution in [-0.2, 0) is 17.9 Å². The molecule has 5 nitrogen and oxygen atoms in total. The van der Waals surface area contributed by atoms with Gasteiger partial charge < -0.3 is 20.5 Å². The van der Waals surface area contributed by atoms with Gasteiger partial charge in [-0.05, 0) is 30.2 Å². The van der Waals surface area contributed by atoms with Gasteiger partial charge in [0.15, 0.2) is 5.96 Å². The van der Waals surface area contributed by atoms with Crippen LogP contribution in [0.15, 0.2) is 41.4 Å². The molecule has 0 saturated heterocycles. The van der Waals surface area contributed by atoms with Crippen molar-refractivity contribution in [2.75, 3.05) is 20.2 Å². The molecule has 3 N–H and O–H groups in total. The van der Waals surface area contributed by atoms with Gasteiger partial charge in [0, 0.05) is 25.1 Å². The van der Waals surface area contributed by atoms with Gasteiger partial charge in [-0.2, -0.15) is 0 Å². The van der Waals surface area contributed by atoms with Gasteiger partial charge in [0.2, 0.25) is 0 Å². The molecule has 0 saturated carbocycles. The standard InChI is InChI=1S/C18H24ClN3O2S.HI/c1-3-20-18(22-11-15(23)16-7-8-17(19)25-16)21-10-13-5-4-6-14(9-13)12-24-2;/h4-9,15,23H,3,10-12H2,1-2H3,(H2,20,21,22);1H. The van der Waals surface area contributed by atoms with Gasteiger partial charge in [-0.3, -0.25) is 0 Å². The molecule has 0 aliphatic heterocycles. The van der Waals surface area contributed by atoms with Crippen LogP contribution in [0.2, 0.25) is 4.34 Å². The SMILES string of the molecule is CCNC(=NCc1cccc(COC)c1)NCC(O)c1ccc(Cl)s1.I. The number of methoxy groups -OCH3 is 1. The zero-order valence-corrected chi connectivity index (χ0v) is 18.8. The molecule has 0 fully saturated rings. The highest BCUT2D eigenvalue weighted by Gasteiger charge is 2.11. The van der Waals surface area contributed by atoms with E-state index in [4.69, 9.17) is 16.3 Å². The normalized spacial score (nSPS) is 12.4. The maximum Gasteiger partial charge on any atom is 0.191 e.